The molecule has 1 aromatic carbocycles. The molecule has 1 aromatic rings. The lowest BCUT2D eigenvalue weighted by molar-refractivity contribution is -0.142. The lowest BCUT2D eigenvalue weighted by Gasteiger charge is -2.27. The SMILES string of the molecule is CC(C)(C)OC(=O)N1CC2(CC1C(=O)O)C(=O)Nc1ccccc12. The number of carboxylic acid groups (broad SMARTS) is 1. The second kappa shape index (κ2) is 5.22. The van der Waals surface area contributed by atoms with Crippen LogP contribution in [0.1, 0.15) is 32.8 Å². The monoisotopic (exact) mass is 332 g/mol. The molecule has 2 heterocycles. The number of hydrogen-bond donors (Lipinski definition) is 2. The summed E-state index contributed by atoms with van der Waals surface area (Å²) in [6.45, 7) is 5.13. The van der Waals surface area contributed by atoms with E-state index < -0.39 is 29.1 Å². The van der Waals surface area contributed by atoms with Gasteiger partial charge in [0.25, 0.3) is 0 Å². The molecule has 0 aromatic heterocycles. The smallest absolute Gasteiger partial charge is 0.411 e. The van der Waals surface area contributed by atoms with Gasteiger partial charge in [0, 0.05) is 12.2 Å². The molecule has 1 saturated heterocycles. The van der Waals surface area contributed by atoms with E-state index in [4.69, 9.17) is 4.74 Å². The highest BCUT2D eigenvalue weighted by atomic mass is 16.6. The average Bonchev–Trinajstić information content (AvgIpc) is 2.99. The van der Waals surface area contributed by atoms with Gasteiger partial charge in [-0.05, 0) is 38.8 Å². The number of fused-ring (bicyclic) bond motifs is 2. The van der Waals surface area contributed by atoms with Crippen LogP contribution in [-0.2, 0) is 19.7 Å². The fourth-order valence-electron chi connectivity index (χ4n) is 3.37. The maximum Gasteiger partial charge on any atom is 0.411 e. The third-order valence-electron chi connectivity index (χ3n) is 4.40. The van der Waals surface area contributed by atoms with E-state index in [-0.39, 0.29) is 18.9 Å². The lowest BCUT2D eigenvalue weighted by atomic mass is 9.79. The highest BCUT2D eigenvalue weighted by Gasteiger charge is 2.58. The summed E-state index contributed by atoms with van der Waals surface area (Å²) in [5.41, 5.74) is -0.396. The van der Waals surface area contributed by atoms with Gasteiger partial charge in [-0.25, -0.2) is 9.59 Å². The summed E-state index contributed by atoms with van der Waals surface area (Å²) in [6, 6.07) is 6.07. The highest BCUT2D eigenvalue weighted by Crippen LogP contribution is 2.46. The summed E-state index contributed by atoms with van der Waals surface area (Å²) in [5, 5.41) is 12.3. The second-order valence-corrected chi connectivity index (χ2v) is 7.25. The highest BCUT2D eigenvalue weighted by molar-refractivity contribution is 6.07. The Bertz CT molecular complexity index is 724. The number of ether oxygens (including phenoxy) is 1. The minimum atomic E-state index is -1.14. The van der Waals surface area contributed by atoms with Crippen LogP contribution in [0.2, 0.25) is 0 Å². The number of benzene rings is 1. The topological polar surface area (TPSA) is 95.9 Å². The van der Waals surface area contributed by atoms with Gasteiger partial charge in [0.15, 0.2) is 0 Å². The number of carbonyl (C=O) groups is 3. The molecule has 0 bridgehead atoms. The molecule has 0 saturated carbocycles. The summed E-state index contributed by atoms with van der Waals surface area (Å²) in [6.07, 6.45) is -0.686. The van der Waals surface area contributed by atoms with E-state index >= 15 is 0 Å². The first-order chi connectivity index (χ1) is 11.1. The van der Waals surface area contributed by atoms with Crippen LogP contribution in [0, 0.1) is 0 Å². The Morgan fingerprint density at radius 2 is 2.00 bits per heavy atom. The molecular weight excluding hydrogens is 312 g/mol. The van der Waals surface area contributed by atoms with Gasteiger partial charge in [-0.2, -0.15) is 0 Å². The molecule has 2 aliphatic heterocycles. The van der Waals surface area contributed by atoms with Crippen LogP contribution in [0.4, 0.5) is 10.5 Å². The zero-order valence-corrected chi connectivity index (χ0v) is 13.8. The molecule has 1 spiro atoms. The summed E-state index contributed by atoms with van der Waals surface area (Å²) >= 11 is 0. The van der Waals surface area contributed by atoms with Crippen LogP contribution in [-0.4, -0.2) is 46.2 Å². The van der Waals surface area contributed by atoms with Crippen molar-refractivity contribution in [2.75, 3.05) is 11.9 Å². The number of likely N-dealkylation sites (tertiary alicyclic amines) is 1. The lowest BCUT2D eigenvalue weighted by Crippen LogP contribution is -2.44. The van der Waals surface area contributed by atoms with Gasteiger partial charge in [-0.1, -0.05) is 18.2 Å². The van der Waals surface area contributed by atoms with Gasteiger partial charge in [-0.3, -0.25) is 9.69 Å². The first-order valence-electron chi connectivity index (χ1n) is 7.77. The van der Waals surface area contributed by atoms with E-state index in [1.165, 1.54) is 0 Å². The van der Waals surface area contributed by atoms with Gasteiger partial charge < -0.3 is 15.2 Å². The van der Waals surface area contributed by atoms with E-state index in [1.54, 1.807) is 45.0 Å². The van der Waals surface area contributed by atoms with E-state index in [2.05, 4.69) is 5.32 Å². The van der Waals surface area contributed by atoms with Crippen LogP contribution >= 0.6 is 0 Å². The Labute approximate surface area is 139 Å². The molecule has 1 fully saturated rings. The molecule has 128 valence electrons. The molecule has 2 atom stereocenters. The van der Waals surface area contributed by atoms with E-state index in [0.29, 0.717) is 5.69 Å². The number of carbonyl (C=O) groups excluding carboxylic acids is 2. The normalized spacial score (nSPS) is 25.5. The van der Waals surface area contributed by atoms with Crippen molar-refractivity contribution in [1.82, 2.24) is 4.90 Å². The number of anilines is 1. The molecule has 7 nitrogen and oxygen atoms in total. The molecule has 24 heavy (non-hydrogen) atoms. The first-order valence-corrected chi connectivity index (χ1v) is 7.77. The molecule has 3 rings (SSSR count). The molecular formula is C17H20N2O5. The Morgan fingerprint density at radius 3 is 2.62 bits per heavy atom. The fraction of sp³-hybridized carbons (Fsp3) is 0.471. The first kappa shape index (κ1) is 16.3. The Balaban J connectivity index is 1.98. The van der Waals surface area contributed by atoms with E-state index in [9.17, 15) is 19.5 Å². The summed E-state index contributed by atoms with van der Waals surface area (Å²) in [5.74, 6) is -1.42. The molecule has 0 radical (unpaired) electrons. The quantitative estimate of drug-likeness (QED) is 0.820. The molecule has 0 aliphatic carbocycles. The van der Waals surface area contributed by atoms with Crippen LogP contribution in [0.25, 0.3) is 0 Å². The summed E-state index contributed by atoms with van der Waals surface area (Å²) in [4.78, 5) is 37.8. The minimum Gasteiger partial charge on any atom is -0.480 e. The Morgan fingerprint density at radius 1 is 1.33 bits per heavy atom. The van der Waals surface area contributed by atoms with Crippen molar-refractivity contribution < 1.29 is 24.2 Å². The summed E-state index contributed by atoms with van der Waals surface area (Å²) < 4.78 is 5.32. The molecule has 2 aliphatic rings. The minimum absolute atomic E-state index is 0.0122. The number of para-hydroxylation sites is 1. The average molecular weight is 332 g/mol. The predicted octanol–water partition coefficient (Wildman–Crippen LogP) is 1.97. The number of nitrogens with zero attached hydrogens (tertiary/aromatic N) is 1. The van der Waals surface area contributed by atoms with Gasteiger partial charge in [0.2, 0.25) is 5.91 Å². The Hall–Kier alpha value is -2.57. The van der Waals surface area contributed by atoms with Crippen molar-refractivity contribution in [3.05, 3.63) is 29.8 Å². The zero-order valence-electron chi connectivity index (χ0n) is 13.8. The van der Waals surface area contributed by atoms with Crippen molar-refractivity contribution >= 4 is 23.7 Å². The van der Waals surface area contributed by atoms with Crippen LogP contribution in [0.5, 0.6) is 0 Å². The van der Waals surface area contributed by atoms with Crippen LogP contribution in [0.3, 0.4) is 0 Å². The van der Waals surface area contributed by atoms with Crippen molar-refractivity contribution in [3.63, 3.8) is 0 Å². The maximum absolute atomic E-state index is 12.6. The van der Waals surface area contributed by atoms with E-state index in [0.717, 1.165) is 10.5 Å². The zero-order chi connectivity index (χ0) is 17.7. The molecule has 2 N–H and O–H groups in total. The van der Waals surface area contributed by atoms with Crippen molar-refractivity contribution in [3.8, 4) is 0 Å². The maximum atomic E-state index is 12.6. The van der Waals surface area contributed by atoms with Crippen molar-refractivity contribution in [1.29, 1.82) is 0 Å². The molecule has 2 unspecified atom stereocenters. The number of hydrogen-bond acceptors (Lipinski definition) is 4. The van der Waals surface area contributed by atoms with Crippen molar-refractivity contribution in [2.45, 2.75) is 44.2 Å². The number of carboxylic acids is 1. The number of rotatable bonds is 1. The second-order valence-electron chi connectivity index (χ2n) is 7.25. The van der Waals surface area contributed by atoms with Gasteiger partial charge in [-0.15, -0.1) is 0 Å². The molecule has 7 heteroatoms. The third-order valence-corrected chi connectivity index (χ3v) is 4.40. The van der Waals surface area contributed by atoms with Gasteiger partial charge in [0.1, 0.15) is 11.6 Å². The molecule has 2 amide bonds. The van der Waals surface area contributed by atoms with Crippen molar-refractivity contribution in [2.24, 2.45) is 0 Å². The largest absolute Gasteiger partial charge is 0.480 e. The number of nitrogens with one attached hydrogen (secondary N) is 1. The van der Waals surface area contributed by atoms with Gasteiger partial charge in [0.05, 0.1) is 5.41 Å². The van der Waals surface area contributed by atoms with Crippen LogP contribution < -0.4 is 5.32 Å². The van der Waals surface area contributed by atoms with E-state index in [1.807, 2.05) is 0 Å². The van der Waals surface area contributed by atoms with Gasteiger partial charge >= 0.3 is 12.1 Å². The summed E-state index contributed by atoms with van der Waals surface area (Å²) in [7, 11) is 0. The van der Waals surface area contributed by atoms with Crippen LogP contribution in [0.15, 0.2) is 24.3 Å². The third kappa shape index (κ3) is 2.50. The number of aliphatic carboxylic acids is 1. The fourth-order valence-corrected chi connectivity index (χ4v) is 3.37. The number of amides is 2. The standard InChI is InChI=1S/C17H20N2O5/c1-16(2,3)24-15(23)19-9-17(8-12(19)13(20)21)10-6-4-5-7-11(10)18-14(17)22/h4-7,12H,8-9H2,1-3H3,(H,18,22)(H,20,21). The predicted molar refractivity (Wildman–Crippen MR) is 85.7 cm³/mol. The Kier molecular flexibility index (Phi) is 3.55.